The Labute approximate surface area is 90.9 Å². The van der Waals surface area contributed by atoms with Crippen LogP contribution in [-0.2, 0) is 6.54 Å². The van der Waals surface area contributed by atoms with Crippen LogP contribution in [0.2, 0.25) is 0 Å². The number of nitrogens with zero attached hydrogens (tertiary/aromatic N) is 2. The summed E-state index contributed by atoms with van der Waals surface area (Å²) in [4.78, 5) is 7.51. The first kappa shape index (κ1) is 12.7. The molecule has 0 saturated heterocycles. The van der Waals surface area contributed by atoms with Gasteiger partial charge in [-0.25, -0.2) is 9.97 Å². The predicted octanol–water partition coefficient (Wildman–Crippen LogP) is 1.45. The van der Waals surface area contributed by atoms with Crippen LogP contribution in [0.3, 0.4) is 0 Å². The highest BCUT2D eigenvalue weighted by atomic mass is 19.4. The van der Waals surface area contributed by atoms with Crippen molar-refractivity contribution in [2.45, 2.75) is 19.6 Å². The van der Waals surface area contributed by atoms with Crippen molar-refractivity contribution in [2.75, 3.05) is 13.7 Å². The molecule has 7 heteroatoms. The molecular formula is C9H12F3N3O. The van der Waals surface area contributed by atoms with Crippen molar-refractivity contribution in [1.82, 2.24) is 15.3 Å². The van der Waals surface area contributed by atoms with E-state index in [1.165, 1.54) is 6.20 Å². The van der Waals surface area contributed by atoms with Gasteiger partial charge in [0.15, 0.2) is 6.61 Å². The van der Waals surface area contributed by atoms with Gasteiger partial charge in [-0.3, -0.25) is 0 Å². The van der Waals surface area contributed by atoms with Crippen LogP contribution in [0, 0.1) is 6.92 Å². The largest absolute Gasteiger partial charge is 0.454 e. The summed E-state index contributed by atoms with van der Waals surface area (Å²) in [6.45, 7) is 0.873. The van der Waals surface area contributed by atoms with Crippen LogP contribution < -0.4 is 10.1 Å². The lowest BCUT2D eigenvalue weighted by atomic mass is 10.2. The topological polar surface area (TPSA) is 47.0 Å². The fourth-order valence-electron chi connectivity index (χ4n) is 1.05. The van der Waals surface area contributed by atoms with Gasteiger partial charge in [-0.05, 0) is 14.0 Å². The zero-order valence-corrected chi connectivity index (χ0v) is 8.93. The van der Waals surface area contributed by atoms with Crippen LogP contribution in [0.5, 0.6) is 6.01 Å². The van der Waals surface area contributed by atoms with Gasteiger partial charge in [-0.2, -0.15) is 13.2 Å². The van der Waals surface area contributed by atoms with E-state index in [1.54, 1.807) is 14.0 Å². The smallest absolute Gasteiger partial charge is 0.422 e. The van der Waals surface area contributed by atoms with E-state index in [-0.39, 0.29) is 6.01 Å². The molecule has 0 fully saturated rings. The van der Waals surface area contributed by atoms with E-state index < -0.39 is 12.8 Å². The van der Waals surface area contributed by atoms with E-state index in [1.807, 2.05) is 0 Å². The van der Waals surface area contributed by atoms with Gasteiger partial charge in [0.25, 0.3) is 0 Å². The highest BCUT2D eigenvalue weighted by Gasteiger charge is 2.28. The number of aryl methyl sites for hydroxylation is 1. The van der Waals surface area contributed by atoms with Gasteiger partial charge >= 0.3 is 12.2 Å². The average Bonchev–Trinajstić information content (AvgIpc) is 2.18. The van der Waals surface area contributed by atoms with Crippen molar-refractivity contribution in [1.29, 1.82) is 0 Å². The third-order valence-electron chi connectivity index (χ3n) is 1.79. The molecule has 1 aromatic rings. The van der Waals surface area contributed by atoms with Gasteiger partial charge in [-0.15, -0.1) is 0 Å². The molecule has 1 rings (SSSR count). The first-order valence-corrected chi connectivity index (χ1v) is 4.59. The van der Waals surface area contributed by atoms with Crippen molar-refractivity contribution >= 4 is 0 Å². The molecule has 0 radical (unpaired) electrons. The number of ether oxygens (including phenoxy) is 1. The van der Waals surface area contributed by atoms with Crippen LogP contribution in [0.15, 0.2) is 6.20 Å². The molecule has 0 atom stereocenters. The van der Waals surface area contributed by atoms with Crippen molar-refractivity contribution in [3.63, 3.8) is 0 Å². The summed E-state index contributed by atoms with van der Waals surface area (Å²) in [6, 6.07) is -0.255. The molecule has 4 nitrogen and oxygen atoms in total. The van der Waals surface area contributed by atoms with Crippen LogP contribution >= 0.6 is 0 Å². The molecule has 90 valence electrons. The first-order chi connectivity index (χ1) is 7.42. The second kappa shape index (κ2) is 5.11. The third-order valence-corrected chi connectivity index (χ3v) is 1.79. The second-order valence-electron chi connectivity index (χ2n) is 3.20. The van der Waals surface area contributed by atoms with Gasteiger partial charge in [0.05, 0.1) is 0 Å². The zero-order chi connectivity index (χ0) is 12.2. The fourth-order valence-corrected chi connectivity index (χ4v) is 1.05. The monoisotopic (exact) mass is 235 g/mol. The minimum absolute atomic E-state index is 0.255. The predicted molar refractivity (Wildman–Crippen MR) is 51.1 cm³/mol. The van der Waals surface area contributed by atoms with Crippen molar-refractivity contribution in [2.24, 2.45) is 0 Å². The molecule has 16 heavy (non-hydrogen) atoms. The van der Waals surface area contributed by atoms with Gasteiger partial charge in [-0.1, -0.05) is 0 Å². The molecular weight excluding hydrogens is 223 g/mol. The van der Waals surface area contributed by atoms with Crippen molar-refractivity contribution < 1.29 is 17.9 Å². The molecule has 0 spiro atoms. The summed E-state index contributed by atoms with van der Waals surface area (Å²) < 4.78 is 40.0. The Kier molecular flexibility index (Phi) is 4.05. The van der Waals surface area contributed by atoms with Crippen LogP contribution in [0.25, 0.3) is 0 Å². The Morgan fingerprint density at radius 1 is 1.44 bits per heavy atom. The molecule has 0 aromatic carbocycles. The summed E-state index contributed by atoms with van der Waals surface area (Å²) >= 11 is 0. The normalized spacial score (nSPS) is 11.6. The van der Waals surface area contributed by atoms with Crippen LogP contribution in [-0.4, -0.2) is 29.8 Å². The SMILES string of the molecule is CNCc1cnc(OCC(F)(F)F)nc1C. The quantitative estimate of drug-likeness (QED) is 0.858. The Morgan fingerprint density at radius 3 is 2.62 bits per heavy atom. The number of aromatic nitrogens is 2. The lowest BCUT2D eigenvalue weighted by Gasteiger charge is -2.09. The Balaban J connectivity index is 2.66. The van der Waals surface area contributed by atoms with Crippen molar-refractivity contribution in [3.05, 3.63) is 17.5 Å². The maximum Gasteiger partial charge on any atom is 0.422 e. The number of hydrogen-bond donors (Lipinski definition) is 1. The summed E-state index contributed by atoms with van der Waals surface area (Å²) in [5.74, 6) is 0. The molecule has 1 heterocycles. The third kappa shape index (κ3) is 4.01. The van der Waals surface area contributed by atoms with Gasteiger partial charge in [0, 0.05) is 24.0 Å². The van der Waals surface area contributed by atoms with Crippen LogP contribution in [0.1, 0.15) is 11.3 Å². The molecule has 0 unspecified atom stereocenters. The Morgan fingerprint density at radius 2 is 2.12 bits per heavy atom. The zero-order valence-electron chi connectivity index (χ0n) is 8.93. The molecule has 1 aromatic heterocycles. The number of halogens is 3. The highest BCUT2D eigenvalue weighted by Crippen LogP contribution is 2.16. The van der Waals surface area contributed by atoms with E-state index in [4.69, 9.17) is 0 Å². The Bertz CT molecular complexity index is 354. The maximum absolute atomic E-state index is 11.9. The van der Waals surface area contributed by atoms with E-state index in [2.05, 4.69) is 20.0 Å². The summed E-state index contributed by atoms with van der Waals surface area (Å²) in [5.41, 5.74) is 1.42. The van der Waals surface area contributed by atoms with Crippen molar-refractivity contribution in [3.8, 4) is 6.01 Å². The maximum atomic E-state index is 11.9. The fraction of sp³-hybridized carbons (Fsp3) is 0.556. The highest BCUT2D eigenvalue weighted by molar-refractivity contribution is 5.17. The molecule has 0 aliphatic carbocycles. The summed E-state index contributed by atoms with van der Waals surface area (Å²) in [5, 5.41) is 2.90. The van der Waals surface area contributed by atoms with Gasteiger partial charge in [0.2, 0.25) is 0 Å². The Hall–Kier alpha value is -1.37. The number of rotatable bonds is 4. The van der Waals surface area contributed by atoms with E-state index in [0.29, 0.717) is 12.2 Å². The van der Waals surface area contributed by atoms with E-state index in [9.17, 15) is 13.2 Å². The molecule has 0 amide bonds. The lowest BCUT2D eigenvalue weighted by molar-refractivity contribution is -0.154. The standard InChI is InChI=1S/C9H12F3N3O/c1-6-7(3-13-2)4-14-8(15-6)16-5-9(10,11)12/h4,13H,3,5H2,1-2H3. The van der Waals surface area contributed by atoms with Crippen LogP contribution in [0.4, 0.5) is 13.2 Å². The van der Waals surface area contributed by atoms with E-state index >= 15 is 0 Å². The first-order valence-electron chi connectivity index (χ1n) is 4.59. The number of nitrogens with one attached hydrogen (secondary N) is 1. The molecule has 0 aliphatic heterocycles. The average molecular weight is 235 g/mol. The molecule has 0 aliphatic rings. The van der Waals surface area contributed by atoms with E-state index in [0.717, 1.165) is 5.56 Å². The second-order valence-corrected chi connectivity index (χ2v) is 3.20. The minimum Gasteiger partial charge on any atom is -0.454 e. The molecule has 0 saturated carbocycles. The summed E-state index contributed by atoms with van der Waals surface area (Å²) in [7, 11) is 1.76. The lowest BCUT2D eigenvalue weighted by Crippen LogP contribution is -2.20. The number of alkyl halides is 3. The van der Waals surface area contributed by atoms with Gasteiger partial charge < -0.3 is 10.1 Å². The molecule has 1 N–H and O–H groups in total. The minimum atomic E-state index is -4.37. The molecule has 0 bridgehead atoms. The van der Waals surface area contributed by atoms with Gasteiger partial charge in [0.1, 0.15) is 0 Å². The number of hydrogen-bond acceptors (Lipinski definition) is 4. The summed E-state index contributed by atoms with van der Waals surface area (Å²) in [6.07, 6.45) is -2.93.